The third-order valence-electron chi connectivity index (χ3n) is 3.67. The van der Waals surface area contributed by atoms with Crippen LogP contribution < -0.4 is 5.32 Å². The number of nitrogens with zero attached hydrogens (tertiary/aromatic N) is 1. The van der Waals surface area contributed by atoms with Gasteiger partial charge in [-0.25, -0.2) is 0 Å². The Morgan fingerprint density at radius 2 is 2.05 bits per heavy atom. The molecule has 0 unspecified atom stereocenters. The van der Waals surface area contributed by atoms with E-state index >= 15 is 0 Å². The molecule has 124 valence electrons. The number of halogens is 3. The van der Waals surface area contributed by atoms with E-state index in [2.05, 4.69) is 10.2 Å². The van der Waals surface area contributed by atoms with Gasteiger partial charge in [0.1, 0.15) is 0 Å². The van der Waals surface area contributed by atoms with E-state index in [1.807, 2.05) is 7.05 Å². The molecule has 0 aliphatic carbocycles. The molecule has 1 aliphatic rings. The monoisotopic (exact) mass is 318 g/mol. The van der Waals surface area contributed by atoms with Crippen LogP contribution >= 0.6 is 0 Å². The average molecular weight is 318 g/mol. The Labute approximate surface area is 127 Å². The number of hydrogen-bond acceptors (Lipinski definition) is 4. The predicted molar refractivity (Wildman–Crippen MR) is 76.5 cm³/mol. The Bertz CT molecular complexity index is 465. The van der Waals surface area contributed by atoms with Crippen LogP contribution in [0.2, 0.25) is 0 Å². The fourth-order valence-corrected chi connectivity index (χ4v) is 2.38. The van der Waals surface area contributed by atoms with E-state index < -0.39 is 17.8 Å². The van der Waals surface area contributed by atoms with E-state index in [-0.39, 0.29) is 12.6 Å². The lowest BCUT2D eigenvalue weighted by atomic mass is 10.1. The summed E-state index contributed by atoms with van der Waals surface area (Å²) in [7, 11) is 2.02. The van der Waals surface area contributed by atoms with Gasteiger partial charge in [-0.2, -0.15) is 13.2 Å². The summed E-state index contributed by atoms with van der Waals surface area (Å²) in [6.45, 7) is 3.29. The van der Waals surface area contributed by atoms with Crippen LogP contribution in [0.15, 0.2) is 24.3 Å². The summed E-state index contributed by atoms with van der Waals surface area (Å²) < 4.78 is 43.0. The zero-order valence-electron chi connectivity index (χ0n) is 12.4. The fraction of sp³-hybridized carbons (Fsp3) is 0.600. The highest BCUT2D eigenvalue weighted by atomic mass is 19.4. The number of rotatable bonds is 5. The molecular formula is C15H21F3N2O2. The van der Waals surface area contributed by atoms with E-state index in [1.54, 1.807) is 0 Å². The number of likely N-dealkylation sites (N-methyl/N-ethyl adjacent to an activating group) is 1. The number of nitrogens with one attached hydrogen (secondary N) is 1. The molecule has 0 aromatic heterocycles. The maximum absolute atomic E-state index is 12.5. The van der Waals surface area contributed by atoms with E-state index in [9.17, 15) is 18.3 Å². The zero-order valence-corrected chi connectivity index (χ0v) is 12.4. The largest absolute Gasteiger partial charge is 0.416 e. The first kappa shape index (κ1) is 17.2. The molecule has 1 saturated heterocycles. The minimum Gasteiger partial charge on any atom is -0.387 e. The smallest absolute Gasteiger partial charge is 0.387 e. The molecule has 0 amide bonds. The Morgan fingerprint density at radius 1 is 1.36 bits per heavy atom. The number of ether oxygens (including phenoxy) is 1. The highest BCUT2D eigenvalue weighted by Gasteiger charge is 2.30. The Balaban J connectivity index is 1.78. The van der Waals surface area contributed by atoms with Gasteiger partial charge < -0.3 is 20.1 Å². The summed E-state index contributed by atoms with van der Waals surface area (Å²) in [6.07, 6.45) is -5.13. The first-order valence-electron chi connectivity index (χ1n) is 7.22. The molecular weight excluding hydrogens is 297 g/mol. The van der Waals surface area contributed by atoms with Gasteiger partial charge in [0, 0.05) is 26.2 Å². The van der Waals surface area contributed by atoms with Crippen LogP contribution in [0.3, 0.4) is 0 Å². The molecule has 7 heteroatoms. The molecule has 2 atom stereocenters. The lowest BCUT2D eigenvalue weighted by molar-refractivity contribution is -0.137. The SMILES string of the molecule is CN1CCO[C@H](CNC[C@H](O)c2ccc(C(F)(F)F)cc2)C1. The van der Waals surface area contributed by atoms with Gasteiger partial charge in [0.2, 0.25) is 0 Å². The number of aliphatic hydroxyl groups is 1. The fourth-order valence-electron chi connectivity index (χ4n) is 2.38. The van der Waals surface area contributed by atoms with Crippen LogP contribution in [0.4, 0.5) is 13.2 Å². The molecule has 0 bridgehead atoms. The second-order valence-electron chi connectivity index (χ2n) is 5.55. The van der Waals surface area contributed by atoms with Gasteiger partial charge in [0.25, 0.3) is 0 Å². The van der Waals surface area contributed by atoms with Crippen molar-refractivity contribution in [3.63, 3.8) is 0 Å². The third-order valence-corrected chi connectivity index (χ3v) is 3.67. The van der Waals surface area contributed by atoms with Gasteiger partial charge in [0.15, 0.2) is 0 Å². The molecule has 1 aliphatic heterocycles. The molecule has 1 aromatic carbocycles. The van der Waals surface area contributed by atoms with Crippen molar-refractivity contribution in [1.29, 1.82) is 0 Å². The highest BCUT2D eigenvalue weighted by Crippen LogP contribution is 2.29. The van der Waals surface area contributed by atoms with Crippen molar-refractivity contribution in [2.24, 2.45) is 0 Å². The number of benzene rings is 1. The molecule has 4 nitrogen and oxygen atoms in total. The number of hydrogen-bond donors (Lipinski definition) is 2. The summed E-state index contributed by atoms with van der Waals surface area (Å²) in [5.74, 6) is 0. The molecule has 2 rings (SSSR count). The van der Waals surface area contributed by atoms with Crippen LogP contribution in [-0.2, 0) is 10.9 Å². The predicted octanol–water partition coefficient (Wildman–Crippen LogP) is 1.66. The minimum absolute atomic E-state index is 0.0681. The Kier molecular flexibility index (Phi) is 5.80. The minimum atomic E-state index is -4.36. The van der Waals surface area contributed by atoms with Crippen LogP contribution in [0.25, 0.3) is 0 Å². The average Bonchev–Trinajstić information content (AvgIpc) is 2.46. The van der Waals surface area contributed by atoms with Crippen LogP contribution in [0.5, 0.6) is 0 Å². The van der Waals surface area contributed by atoms with E-state index in [0.29, 0.717) is 18.7 Å². The van der Waals surface area contributed by atoms with Crippen molar-refractivity contribution in [2.45, 2.75) is 18.4 Å². The molecule has 2 N–H and O–H groups in total. The van der Waals surface area contributed by atoms with Crippen molar-refractivity contribution < 1.29 is 23.0 Å². The van der Waals surface area contributed by atoms with Crippen LogP contribution in [0, 0.1) is 0 Å². The van der Waals surface area contributed by atoms with Crippen LogP contribution in [-0.4, -0.2) is 55.9 Å². The van der Waals surface area contributed by atoms with Gasteiger partial charge >= 0.3 is 6.18 Å². The van der Waals surface area contributed by atoms with E-state index in [4.69, 9.17) is 4.74 Å². The second-order valence-corrected chi connectivity index (χ2v) is 5.55. The summed E-state index contributed by atoms with van der Waals surface area (Å²) in [5, 5.41) is 13.1. The second kappa shape index (κ2) is 7.41. The number of alkyl halides is 3. The van der Waals surface area contributed by atoms with Gasteiger partial charge in [-0.05, 0) is 24.7 Å². The standard InChI is InChI=1S/C15H21F3N2O2/c1-20-6-7-22-13(10-20)8-19-9-14(21)11-2-4-12(5-3-11)15(16,17)18/h2-5,13-14,19,21H,6-10H2,1H3/t13-,14+/m1/s1. The lowest BCUT2D eigenvalue weighted by Gasteiger charge is -2.30. The van der Waals surface area contributed by atoms with E-state index in [0.717, 1.165) is 25.2 Å². The maximum atomic E-state index is 12.5. The highest BCUT2D eigenvalue weighted by molar-refractivity contribution is 5.26. The summed E-state index contributed by atoms with van der Waals surface area (Å²) in [6, 6.07) is 4.58. The number of aliphatic hydroxyl groups excluding tert-OH is 1. The Morgan fingerprint density at radius 3 is 2.64 bits per heavy atom. The first-order valence-corrected chi connectivity index (χ1v) is 7.22. The number of morpholine rings is 1. The molecule has 22 heavy (non-hydrogen) atoms. The topological polar surface area (TPSA) is 44.7 Å². The van der Waals surface area contributed by atoms with Gasteiger partial charge in [-0.1, -0.05) is 12.1 Å². The summed E-state index contributed by atoms with van der Waals surface area (Å²) >= 11 is 0. The summed E-state index contributed by atoms with van der Waals surface area (Å²) in [5.41, 5.74) is -0.253. The van der Waals surface area contributed by atoms with Crippen molar-refractivity contribution >= 4 is 0 Å². The van der Waals surface area contributed by atoms with Gasteiger partial charge in [-0.15, -0.1) is 0 Å². The zero-order chi connectivity index (χ0) is 16.2. The molecule has 0 radical (unpaired) electrons. The van der Waals surface area contributed by atoms with Gasteiger partial charge in [-0.3, -0.25) is 0 Å². The molecule has 1 fully saturated rings. The molecule has 0 spiro atoms. The van der Waals surface area contributed by atoms with E-state index in [1.165, 1.54) is 12.1 Å². The third kappa shape index (κ3) is 4.95. The molecule has 1 aromatic rings. The maximum Gasteiger partial charge on any atom is 0.416 e. The van der Waals surface area contributed by atoms with Gasteiger partial charge in [0.05, 0.1) is 24.4 Å². The van der Waals surface area contributed by atoms with Crippen LogP contribution in [0.1, 0.15) is 17.2 Å². The summed E-state index contributed by atoms with van der Waals surface area (Å²) in [4.78, 5) is 2.17. The van der Waals surface area contributed by atoms with Crippen molar-refractivity contribution in [1.82, 2.24) is 10.2 Å². The quantitative estimate of drug-likeness (QED) is 0.867. The molecule has 0 saturated carbocycles. The lowest BCUT2D eigenvalue weighted by Crippen LogP contribution is -2.45. The Hall–Kier alpha value is -1.15. The molecule has 1 heterocycles. The normalized spacial score (nSPS) is 21.8. The van der Waals surface area contributed by atoms with Crippen molar-refractivity contribution in [3.8, 4) is 0 Å². The van der Waals surface area contributed by atoms with Crippen molar-refractivity contribution in [3.05, 3.63) is 35.4 Å². The first-order chi connectivity index (χ1) is 10.4. The van der Waals surface area contributed by atoms with Crippen molar-refractivity contribution in [2.75, 3.05) is 39.8 Å².